The molecule has 0 aromatic carbocycles. The normalized spacial score (nSPS) is 40.9. The standard InChI is InChI=1S/C20H40O8Si/c1-13(2)25-12-14-15(21)16-17(18(26-14)24-10-11-29(7,8)9)28-20(4,23-6)19(3,22-5)27-16/h13-18,21H,10-12H2,1-9H3/t14-,15+,16+,17-,18-,19-,20-/m1/s1. The summed E-state index contributed by atoms with van der Waals surface area (Å²) < 4.78 is 41.6. The minimum Gasteiger partial charge on any atom is -0.387 e. The number of hydrogen-bond donors (Lipinski definition) is 1. The lowest BCUT2D eigenvalue weighted by Gasteiger charge is -2.56. The van der Waals surface area contributed by atoms with Crippen molar-refractivity contribution < 1.29 is 38.3 Å². The van der Waals surface area contributed by atoms with Gasteiger partial charge in [0.05, 0.1) is 12.7 Å². The minimum absolute atomic E-state index is 0.0133. The summed E-state index contributed by atoms with van der Waals surface area (Å²) >= 11 is 0. The third-order valence-electron chi connectivity index (χ3n) is 5.67. The van der Waals surface area contributed by atoms with Crippen LogP contribution in [-0.4, -0.2) is 89.0 Å². The van der Waals surface area contributed by atoms with Crippen LogP contribution in [0.4, 0.5) is 0 Å². The molecule has 9 heteroatoms. The first-order valence-corrected chi connectivity index (χ1v) is 14.1. The first kappa shape index (κ1) is 25.2. The maximum absolute atomic E-state index is 11.0. The van der Waals surface area contributed by atoms with Crippen molar-refractivity contribution in [2.75, 3.05) is 27.4 Å². The number of ether oxygens (including phenoxy) is 7. The summed E-state index contributed by atoms with van der Waals surface area (Å²) in [6, 6.07) is 0.984. The predicted octanol–water partition coefficient (Wildman–Crippen LogP) is 2.36. The van der Waals surface area contributed by atoms with E-state index in [0.29, 0.717) is 6.61 Å². The molecule has 2 aliphatic heterocycles. The van der Waals surface area contributed by atoms with Gasteiger partial charge >= 0.3 is 0 Å². The molecule has 0 aromatic heterocycles. The number of methoxy groups -OCH3 is 2. The zero-order valence-electron chi connectivity index (χ0n) is 19.4. The molecule has 0 radical (unpaired) electrons. The van der Waals surface area contributed by atoms with E-state index in [4.69, 9.17) is 33.2 Å². The van der Waals surface area contributed by atoms with E-state index in [-0.39, 0.29) is 12.7 Å². The van der Waals surface area contributed by atoms with Crippen LogP contribution < -0.4 is 0 Å². The molecule has 2 heterocycles. The quantitative estimate of drug-likeness (QED) is 0.552. The second kappa shape index (κ2) is 9.58. The van der Waals surface area contributed by atoms with Gasteiger partial charge in [-0.05, 0) is 33.7 Å². The van der Waals surface area contributed by atoms with Gasteiger partial charge < -0.3 is 38.3 Å². The van der Waals surface area contributed by atoms with Gasteiger partial charge in [-0.1, -0.05) is 19.6 Å². The van der Waals surface area contributed by atoms with Gasteiger partial charge in [0, 0.05) is 28.9 Å². The molecular formula is C20H40O8Si. The highest BCUT2D eigenvalue weighted by Crippen LogP contribution is 2.43. The SMILES string of the molecule is CO[C@]1(C)O[C@H]2[C@H](OCC[Si](C)(C)C)O[C@H](COC(C)C)[C@H](O)[C@@H]2O[C@@]1(C)OC. The fourth-order valence-corrected chi connectivity index (χ4v) is 4.12. The Labute approximate surface area is 176 Å². The van der Waals surface area contributed by atoms with Crippen LogP contribution in [0.3, 0.4) is 0 Å². The monoisotopic (exact) mass is 436 g/mol. The molecule has 0 saturated carbocycles. The third-order valence-corrected chi connectivity index (χ3v) is 7.38. The Kier molecular flexibility index (Phi) is 8.31. The summed E-state index contributed by atoms with van der Waals surface area (Å²) in [6.45, 7) is 15.0. The van der Waals surface area contributed by atoms with Crippen LogP contribution in [0.15, 0.2) is 0 Å². The molecule has 2 fully saturated rings. The number of hydrogen-bond acceptors (Lipinski definition) is 8. The fourth-order valence-electron chi connectivity index (χ4n) is 3.39. The lowest BCUT2D eigenvalue weighted by molar-refractivity contribution is -0.484. The summed E-state index contributed by atoms with van der Waals surface area (Å²) in [4.78, 5) is 0. The second-order valence-electron chi connectivity index (χ2n) is 9.56. The molecule has 172 valence electrons. The lowest BCUT2D eigenvalue weighted by Crippen LogP contribution is -2.73. The van der Waals surface area contributed by atoms with Crippen molar-refractivity contribution in [2.45, 2.75) is 102 Å². The Morgan fingerprint density at radius 3 is 2.03 bits per heavy atom. The smallest absolute Gasteiger partial charge is 0.220 e. The van der Waals surface area contributed by atoms with Gasteiger partial charge in [0.25, 0.3) is 0 Å². The van der Waals surface area contributed by atoms with E-state index in [2.05, 4.69) is 19.6 Å². The van der Waals surface area contributed by atoms with Crippen LogP contribution in [-0.2, 0) is 33.2 Å². The summed E-state index contributed by atoms with van der Waals surface area (Å²) in [5.74, 6) is -2.42. The molecule has 0 unspecified atom stereocenters. The van der Waals surface area contributed by atoms with Crippen LogP contribution in [0.1, 0.15) is 27.7 Å². The van der Waals surface area contributed by atoms with Gasteiger partial charge in [-0.3, -0.25) is 0 Å². The van der Waals surface area contributed by atoms with Crippen molar-refractivity contribution >= 4 is 8.07 Å². The number of aliphatic hydroxyl groups excluding tert-OH is 1. The number of aliphatic hydroxyl groups is 1. The van der Waals surface area contributed by atoms with Crippen molar-refractivity contribution in [1.82, 2.24) is 0 Å². The van der Waals surface area contributed by atoms with Gasteiger partial charge in [0.1, 0.15) is 24.4 Å². The molecule has 2 aliphatic rings. The van der Waals surface area contributed by atoms with E-state index < -0.39 is 50.4 Å². The van der Waals surface area contributed by atoms with Crippen molar-refractivity contribution in [3.8, 4) is 0 Å². The largest absolute Gasteiger partial charge is 0.387 e. The molecule has 2 rings (SSSR count). The Morgan fingerprint density at radius 1 is 1.00 bits per heavy atom. The lowest BCUT2D eigenvalue weighted by atomic mass is 9.94. The van der Waals surface area contributed by atoms with E-state index >= 15 is 0 Å². The first-order valence-electron chi connectivity index (χ1n) is 10.4. The maximum atomic E-state index is 11.0. The van der Waals surface area contributed by atoms with Crippen LogP contribution >= 0.6 is 0 Å². The molecule has 1 N–H and O–H groups in total. The maximum Gasteiger partial charge on any atom is 0.220 e. The van der Waals surface area contributed by atoms with Gasteiger partial charge in [-0.25, -0.2) is 0 Å². The van der Waals surface area contributed by atoms with Crippen molar-refractivity contribution in [2.24, 2.45) is 0 Å². The van der Waals surface area contributed by atoms with Crippen molar-refractivity contribution in [1.29, 1.82) is 0 Å². The molecule has 2 saturated heterocycles. The number of rotatable bonds is 9. The summed E-state index contributed by atoms with van der Waals surface area (Å²) in [6.07, 6.45) is -3.65. The zero-order valence-corrected chi connectivity index (χ0v) is 20.4. The Hall–Kier alpha value is -0.103. The first-order chi connectivity index (χ1) is 13.4. The van der Waals surface area contributed by atoms with Crippen LogP contribution in [0.2, 0.25) is 25.7 Å². The van der Waals surface area contributed by atoms with Crippen molar-refractivity contribution in [3.63, 3.8) is 0 Å². The molecule has 0 aliphatic carbocycles. The van der Waals surface area contributed by atoms with Gasteiger partial charge in [-0.2, -0.15) is 0 Å². The van der Waals surface area contributed by atoms with E-state index in [1.807, 2.05) is 13.8 Å². The number of fused-ring (bicyclic) bond motifs is 1. The van der Waals surface area contributed by atoms with E-state index in [1.165, 1.54) is 14.2 Å². The summed E-state index contributed by atoms with van der Waals surface area (Å²) in [5, 5.41) is 11.0. The third kappa shape index (κ3) is 5.78. The second-order valence-corrected chi connectivity index (χ2v) is 15.2. The molecule has 8 nitrogen and oxygen atoms in total. The Bertz CT molecular complexity index is 527. The van der Waals surface area contributed by atoms with E-state index in [0.717, 1.165) is 6.04 Å². The predicted molar refractivity (Wildman–Crippen MR) is 110 cm³/mol. The van der Waals surface area contributed by atoms with Crippen LogP contribution in [0.5, 0.6) is 0 Å². The van der Waals surface area contributed by atoms with Crippen LogP contribution in [0.25, 0.3) is 0 Å². The molecule has 0 aromatic rings. The molecule has 29 heavy (non-hydrogen) atoms. The van der Waals surface area contributed by atoms with Crippen molar-refractivity contribution in [3.05, 3.63) is 0 Å². The van der Waals surface area contributed by atoms with Crippen LogP contribution in [0, 0.1) is 0 Å². The average Bonchev–Trinajstić information content (AvgIpc) is 2.63. The molecule has 0 amide bonds. The molecular weight excluding hydrogens is 396 g/mol. The minimum atomic E-state index is -1.28. The van der Waals surface area contributed by atoms with Gasteiger partial charge in [-0.15, -0.1) is 0 Å². The highest BCUT2D eigenvalue weighted by atomic mass is 28.3. The van der Waals surface area contributed by atoms with E-state index in [1.54, 1.807) is 13.8 Å². The van der Waals surface area contributed by atoms with Gasteiger partial charge in [0.2, 0.25) is 11.6 Å². The summed E-state index contributed by atoms with van der Waals surface area (Å²) in [5.41, 5.74) is 0. The Morgan fingerprint density at radius 2 is 1.55 bits per heavy atom. The summed E-state index contributed by atoms with van der Waals surface area (Å²) in [7, 11) is 1.77. The van der Waals surface area contributed by atoms with Gasteiger partial charge in [0.15, 0.2) is 6.29 Å². The highest BCUT2D eigenvalue weighted by Gasteiger charge is 2.62. The topological polar surface area (TPSA) is 84.8 Å². The molecule has 0 spiro atoms. The molecule has 7 atom stereocenters. The highest BCUT2D eigenvalue weighted by molar-refractivity contribution is 6.76. The Balaban J connectivity index is 2.24. The average molecular weight is 437 g/mol. The zero-order chi connectivity index (χ0) is 22.0. The van der Waals surface area contributed by atoms with E-state index in [9.17, 15) is 5.11 Å². The molecule has 0 bridgehead atoms. The fraction of sp³-hybridized carbons (Fsp3) is 1.00.